The Morgan fingerprint density at radius 2 is 1.54 bits per heavy atom. The van der Waals surface area contributed by atoms with Gasteiger partial charge in [0.15, 0.2) is 5.65 Å². The van der Waals surface area contributed by atoms with E-state index in [-0.39, 0.29) is 0 Å². The van der Waals surface area contributed by atoms with Crippen LogP contribution in [0.2, 0.25) is 0 Å². The summed E-state index contributed by atoms with van der Waals surface area (Å²) in [7, 11) is 0. The summed E-state index contributed by atoms with van der Waals surface area (Å²) in [5.41, 5.74) is 15.1. The predicted octanol–water partition coefficient (Wildman–Crippen LogP) is 6.73. The topological polar surface area (TPSA) is 43.1 Å². The van der Waals surface area contributed by atoms with Crippen LogP contribution in [0.4, 0.5) is 0 Å². The molecule has 4 heterocycles. The normalized spacial score (nSPS) is 13.5. The van der Waals surface area contributed by atoms with Gasteiger partial charge < -0.3 is 0 Å². The Bertz CT molecular complexity index is 2070. The number of pyridine rings is 3. The third-order valence-corrected chi connectivity index (χ3v) is 7.96. The van der Waals surface area contributed by atoms with Crippen LogP contribution in [0.25, 0.3) is 60.7 Å². The molecule has 0 saturated heterocycles. The lowest BCUT2D eigenvalue weighted by Gasteiger charge is -2.13. The summed E-state index contributed by atoms with van der Waals surface area (Å²) in [6.07, 6.45) is 7.64. The van der Waals surface area contributed by atoms with Crippen molar-refractivity contribution < 1.29 is 0 Å². The van der Waals surface area contributed by atoms with Gasteiger partial charge in [0.25, 0.3) is 0 Å². The molecule has 0 aliphatic heterocycles. The molecule has 0 atom stereocenters. The van der Waals surface area contributed by atoms with Crippen LogP contribution < -0.4 is 0 Å². The standard InChI is InChI=1S/C31H18N4/c1-2-5-20-17(4-1)14-18-7-8-19-15-24-21(28(19)27(18)20)9-10-23-29(24)22-11-13-32-16-26(22)35-30(23)34-25-6-3-12-33-31(25)35/h1-13,16H,14-15H2. The highest BCUT2D eigenvalue weighted by atomic mass is 15.1. The first-order valence-corrected chi connectivity index (χ1v) is 12.0. The molecule has 7 aromatic rings. The van der Waals surface area contributed by atoms with Crippen LogP contribution >= 0.6 is 0 Å². The number of fused-ring (bicyclic) bond motifs is 16. The van der Waals surface area contributed by atoms with E-state index in [4.69, 9.17) is 4.98 Å². The number of benzene rings is 3. The highest BCUT2D eigenvalue weighted by molar-refractivity contribution is 6.17. The van der Waals surface area contributed by atoms with E-state index >= 15 is 0 Å². The van der Waals surface area contributed by atoms with Gasteiger partial charge in [-0.15, -0.1) is 0 Å². The summed E-state index contributed by atoms with van der Waals surface area (Å²) in [5, 5.41) is 3.67. The van der Waals surface area contributed by atoms with E-state index in [1.54, 1.807) is 0 Å². The van der Waals surface area contributed by atoms with Crippen molar-refractivity contribution >= 4 is 38.5 Å². The van der Waals surface area contributed by atoms with Gasteiger partial charge in [-0.05, 0) is 87.0 Å². The van der Waals surface area contributed by atoms with Gasteiger partial charge >= 0.3 is 0 Å². The summed E-state index contributed by atoms with van der Waals surface area (Å²) >= 11 is 0. The number of aromatic nitrogens is 4. The van der Waals surface area contributed by atoms with Crippen LogP contribution in [0.1, 0.15) is 22.3 Å². The van der Waals surface area contributed by atoms with Crippen molar-refractivity contribution in [2.24, 2.45) is 0 Å². The molecule has 0 spiro atoms. The second-order valence-electron chi connectivity index (χ2n) is 9.67. The van der Waals surface area contributed by atoms with E-state index in [1.165, 1.54) is 60.7 Å². The van der Waals surface area contributed by atoms with Crippen molar-refractivity contribution in [1.29, 1.82) is 0 Å². The van der Waals surface area contributed by atoms with Gasteiger partial charge in [-0.25, -0.2) is 9.97 Å². The van der Waals surface area contributed by atoms with E-state index in [1.807, 2.05) is 30.7 Å². The maximum absolute atomic E-state index is 5.03. The van der Waals surface area contributed by atoms with Crippen molar-refractivity contribution in [3.8, 4) is 22.3 Å². The third-order valence-electron chi connectivity index (χ3n) is 7.96. The zero-order valence-corrected chi connectivity index (χ0v) is 18.8. The first-order valence-electron chi connectivity index (χ1n) is 12.0. The van der Waals surface area contributed by atoms with Gasteiger partial charge in [0.1, 0.15) is 11.2 Å². The second-order valence-corrected chi connectivity index (χ2v) is 9.67. The lowest BCUT2D eigenvalue weighted by molar-refractivity contribution is 1.22. The number of imidazole rings is 1. The maximum Gasteiger partial charge on any atom is 0.165 e. The lowest BCUT2D eigenvalue weighted by Crippen LogP contribution is -1.95. The Balaban J connectivity index is 1.45. The number of hydrogen-bond acceptors (Lipinski definition) is 3. The minimum absolute atomic E-state index is 0.876. The zero-order chi connectivity index (χ0) is 22.7. The van der Waals surface area contributed by atoms with Crippen LogP contribution in [-0.2, 0) is 12.8 Å². The smallest absolute Gasteiger partial charge is 0.165 e. The Morgan fingerprint density at radius 3 is 2.51 bits per heavy atom. The monoisotopic (exact) mass is 446 g/mol. The molecule has 4 nitrogen and oxygen atoms in total. The molecule has 0 amide bonds. The molecule has 0 unspecified atom stereocenters. The molecule has 0 bridgehead atoms. The largest absolute Gasteiger partial charge is 0.274 e. The van der Waals surface area contributed by atoms with Crippen LogP contribution in [0, 0.1) is 0 Å². The van der Waals surface area contributed by atoms with Crippen molar-refractivity contribution in [3.63, 3.8) is 0 Å². The van der Waals surface area contributed by atoms with Crippen LogP contribution in [0.3, 0.4) is 0 Å². The molecule has 4 aromatic heterocycles. The van der Waals surface area contributed by atoms with Crippen molar-refractivity contribution in [3.05, 3.63) is 108 Å². The minimum atomic E-state index is 0.876. The molecule has 9 rings (SSSR count). The fourth-order valence-electron chi connectivity index (χ4n) is 6.57. The zero-order valence-electron chi connectivity index (χ0n) is 18.8. The van der Waals surface area contributed by atoms with Crippen LogP contribution in [0.5, 0.6) is 0 Å². The average Bonchev–Trinajstić information content (AvgIpc) is 3.59. The van der Waals surface area contributed by atoms with E-state index in [0.717, 1.165) is 35.2 Å². The minimum Gasteiger partial charge on any atom is -0.274 e. The fourth-order valence-corrected chi connectivity index (χ4v) is 6.57. The summed E-state index contributed by atoms with van der Waals surface area (Å²) < 4.78 is 2.17. The van der Waals surface area contributed by atoms with E-state index in [2.05, 4.69) is 69.0 Å². The van der Waals surface area contributed by atoms with E-state index in [0.29, 0.717) is 0 Å². The summed E-state index contributed by atoms with van der Waals surface area (Å²) in [5.74, 6) is 0. The lowest BCUT2D eigenvalue weighted by atomic mass is 9.92. The molecule has 0 radical (unpaired) electrons. The number of rotatable bonds is 0. The number of hydrogen-bond donors (Lipinski definition) is 0. The van der Waals surface area contributed by atoms with E-state index < -0.39 is 0 Å². The molecule has 162 valence electrons. The van der Waals surface area contributed by atoms with E-state index in [9.17, 15) is 0 Å². The molecule has 0 saturated carbocycles. The fraction of sp³-hybridized carbons (Fsp3) is 0.0645. The molecule has 0 N–H and O–H groups in total. The Hall–Kier alpha value is -4.57. The molecule has 35 heavy (non-hydrogen) atoms. The van der Waals surface area contributed by atoms with Crippen molar-refractivity contribution in [2.75, 3.05) is 0 Å². The molecule has 2 aliphatic rings. The van der Waals surface area contributed by atoms with Crippen molar-refractivity contribution in [1.82, 2.24) is 19.4 Å². The number of nitrogens with zero attached hydrogens (tertiary/aromatic N) is 4. The van der Waals surface area contributed by atoms with Crippen molar-refractivity contribution in [2.45, 2.75) is 12.8 Å². The quantitative estimate of drug-likeness (QED) is 0.243. The molecular weight excluding hydrogens is 428 g/mol. The van der Waals surface area contributed by atoms with Crippen LogP contribution in [0.15, 0.2) is 85.3 Å². The summed E-state index contributed by atoms with van der Waals surface area (Å²) in [6.45, 7) is 0. The predicted molar refractivity (Wildman–Crippen MR) is 140 cm³/mol. The average molecular weight is 447 g/mol. The molecule has 0 fully saturated rings. The first-order chi connectivity index (χ1) is 17.4. The highest BCUT2D eigenvalue weighted by Gasteiger charge is 2.30. The second kappa shape index (κ2) is 6.10. The SMILES string of the molecule is c1ccc2c(c1)Cc1ccc3c(c1-2)-c1ccc2c(c1C3)c1ccncc1n1c3ncccc3nc21. The van der Waals surface area contributed by atoms with Gasteiger partial charge in [0.05, 0.1) is 11.7 Å². The Morgan fingerprint density at radius 1 is 0.657 bits per heavy atom. The maximum atomic E-state index is 5.03. The van der Waals surface area contributed by atoms with Gasteiger partial charge in [-0.3, -0.25) is 9.38 Å². The van der Waals surface area contributed by atoms with Crippen LogP contribution in [-0.4, -0.2) is 19.4 Å². The Labute approximate surface area is 200 Å². The Kier molecular flexibility index (Phi) is 3.11. The summed E-state index contributed by atoms with van der Waals surface area (Å²) in [4.78, 5) is 14.2. The van der Waals surface area contributed by atoms with Gasteiger partial charge in [0, 0.05) is 23.2 Å². The molecule has 4 heteroatoms. The molecule has 3 aromatic carbocycles. The first kappa shape index (κ1) is 17.8. The third kappa shape index (κ3) is 2.11. The summed E-state index contributed by atoms with van der Waals surface area (Å²) in [6, 6.07) is 24.3. The van der Waals surface area contributed by atoms with Gasteiger partial charge in [-0.2, -0.15) is 0 Å². The van der Waals surface area contributed by atoms with Gasteiger partial charge in [0.2, 0.25) is 0 Å². The highest BCUT2D eigenvalue weighted by Crippen LogP contribution is 2.51. The molecule has 2 aliphatic carbocycles. The van der Waals surface area contributed by atoms with Gasteiger partial charge in [-0.1, -0.05) is 42.5 Å². The molecular formula is C31H18N4.